The van der Waals surface area contributed by atoms with Crippen molar-refractivity contribution >= 4 is 5.97 Å². The first kappa shape index (κ1) is 22.7. The Labute approximate surface area is 190 Å². The molecule has 1 aromatic heterocycles. The van der Waals surface area contributed by atoms with Crippen LogP contribution in [0.1, 0.15) is 54.0 Å². The van der Waals surface area contributed by atoms with Crippen molar-refractivity contribution in [1.82, 2.24) is 9.80 Å². The monoisotopic (exact) mass is 442 g/mol. The minimum Gasteiger partial charge on any atom is -0.493 e. The largest absolute Gasteiger partial charge is 0.493 e. The van der Waals surface area contributed by atoms with Crippen molar-refractivity contribution in [2.24, 2.45) is 0 Å². The van der Waals surface area contributed by atoms with E-state index in [4.69, 9.17) is 18.6 Å². The molecule has 0 N–H and O–H groups in total. The molecule has 1 aliphatic heterocycles. The van der Waals surface area contributed by atoms with Gasteiger partial charge in [0.15, 0.2) is 11.5 Å². The molecule has 174 valence electrons. The molecule has 0 amide bonds. The lowest BCUT2D eigenvalue weighted by Crippen LogP contribution is -2.30. The predicted molar refractivity (Wildman–Crippen MR) is 121 cm³/mol. The Bertz CT molecular complexity index is 890. The normalized spacial score (nSPS) is 18.4. The predicted octanol–water partition coefficient (Wildman–Crippen LogP) is 4.10. The van der Waals surface area contributed by atoms with Crippen molar-refractivity contribution in [3.05, 3.63) is 47.4 Å². The SMILES string of the molecule is COC(=O)c1ccc(CN2CCCN(Cc3ccc(OC)c(OC4CCCC4)c3)CC2)o1. The van der Waals surface area contributed by atoms with E-state index >= 15 is 0 Å². The molecule has 1 aliphatic carbocycles. The standard InChI is InChI=1S/C25H34N2O5/c1-29-22-10-8-19(16-24(22)31-20-6-3-4-7-20)17-26-12-5-13-27(15-14-26)18-21-9-11-23(32-21)25(28)30-2/h8-11,16,20H,3-7,12-15,17-18H2,1-2H3. The Hall–Kier alpha value is -2.51. The summed E-state index contributed by atoms with van der Waals surface area (Å²) in [6.07, 6.45) is 6.16. The van der Waals surface area contributed by atoms with E-state index in [1.54, 1.807) is 13.2 Å². The Morgan fingerprint density at radius 1 is 0.938 bits per heavy atom. The highest BCUT2D eigenvalue weighted by atomic mass is 16.5. The van der Waals surface area contributed by atoms with Crippen molar-refractivity contribution in [3.63, 3.8) is 0 Å². The van der Waals surface area contributed by atoms with Crippen molar-refractivity contribution in [3.8, 4) is 11.5 Å². The van der Waals surface area contributed by atoms with Crippen molar-refractivity contribution in [2.45, 2.75) is 51.3 Å². The van der Waals surface area contributed by atoms with Crippen molar-refractivity contribution < 1.29 is 23.4 Å². The number of carbonyl (C=O) groups excluding carboxylic acids is 1. The Morgan fingerprint density at radius 2 is 1.69 bits per heavy atom. The summed E-state index contributed by atoms with van der Waals surface area (Å²) in [6.45, 7) is 5.58. The first-order valence-corrected chi connectivity index (χ1v) is 11.6. The van der Waals surface area contributed by atoms with Gasteiger partial charge in [0, 0.05) is 19.6 Å². The average molecular weight is 443 g/mol. The second kappa shape index (κ2) is 10.9. The molecule has 7 heteroatoms. The van der Waals surface area contributed by atoms with Gasteiger partial charge in [-0.15, -0.1) is 0 Å². The van der Waals surface area contributed by atoms with E-state index in [0.717, 1.165) is 69.2 Å². The maximum atomic E-state index is 11.6. The zero-order valence-corrected chi connectivity index (χ0v) is 19.2. The number of ether oxygens (including phenoxy) is 3. The van der Waals surface area contributed by atoms with Crippen LogP contribution in [-0.4, -0.2) is 62.3 Å². The van der Waals surface area contributed by atoms with Crippen LogP contribution >= 0.6 is 0 Å². The number of carbonyl (C=O) groups is 1. The van der Waals surface area contributed by atoms with Crippen LogP contribution in [0.5, 0.6) is 11.5 Å². The molecule has 1 saturated carbocycles. The van der Waals surface area contributed by atoms with Gasteiger partial charge >= 0.3 is 5.97 Å². The minimum absolute atomic E-state index is 0.258. The fraction of sp³-hybridized carbons (Fsp3) is 0.560. The number of rotatable bonds is 8. The van der Waals surface area contributed by atoms with Crippen molar-refractivity contribution in [2.75, 3.05) is 40.4 Å². The number of hydrogen-bond acceptors (Lipinski definition) is 7. The third kappa shape index (κ3) is 5.84. The van der Waals surface area contributed by atoms with E-state index in [1.807, 2.05) is 12.1 Å². The van der Waals surface area contributed by atoms with Gasteiger partial charge in [-0.2, -0.15) is 0 Å². The summed E-state index contributed by atoms with van der Waals surface area (Å²) in [6, 6.07) is 9.86. The van der Waals surface area contributed by atoms with E-state index in [0.29, 0.717) is 12.6 Å². The van der Waals surface area contributed by atoms with Gasteiger partial charge in [-0.25, -0.2) is 4.79 Å². The van der Waals surface area contributed by atoms with E-state index in [1.165, 1.54) is 25.5 Å². The molecular weight excluding hydrogens is 408 g/mol. The van der Waals surface area contributed by atoms with Gasteiger partial charge in [-0.05, 0) is 75.0 Å². The van der Waals surface area contributed by atoms with Crippen LogP contribution in [0.25, 0.3) is 0 Å². The van der Waals surface area contributed by atoms with Crippen LogP contribution in [0.2, 0.25) is 0 Å². The lowest BCUT2D eigenvalue weighted by molar-refractivity contribution is 0.0561. The zero-order valence-electron chi connectivity index (χ0n) is 19.2. The lowest BCUT2D eigenvalue weighted by Gasteiger charge is -2.22. The highest BCUT2D eigenvalue weighted by molar-refractivity contribution is 5.86. The van der Waals surface area contributed by atoms with E-state index < -0.39 is 5.97 Å². The number of nitrogens with zero attached hydrogens (tertiary/aromatic N) is 2. The molecule has 2 aromatic rings. The molecule has 0 atom stereocenters. The summed E-state index contributed by atoms with van der Waals surface area (Å²) < 4.78 is 22.2. The molecule has 1 aromatic carbocycles. The van der Waals surface area contributed by atoms with Crippen LogP contribution in [0, 0.1) is 0 Å². The average Bonchev–Trinajstić information content (AvgIpc) is 3.44. The Morgan fingerprint density at radius 3 is 2.41 bits per heavy atom. The molecule has 2 heterocycles. The summed E-state index contributed by atoms with van der Waals surface area (Å²) in [5.74, 6) is 2.30. The summed E-state index contributed by atoms with van der Waals surface area (Å²) in [4.78, 5) is 16.5. The summed E-state index contributed by atoms with van der Waals surface area (Å²) >= 11 is 0. The van der Waals surface area contributed by atoms with Crippen LogP contribution in [-0.2, 0) is 17.8 Å². The molecular formula is C25H34N2O5. The molecule has 0 bridgehead atoms. The molecule has 2 aliphatic rings. The molecule has 32 heavy (non-hydrogen) atoms. The fourth-order valence-electron chi connectivity index (χ4n) is 4.59. The van der Waals surface area contributed by atoms with Gasteiger partial charge in [-0.3, -0.25) is 9.80 Å². The third-order valence-corrected chi connectivity index (χ3v) is 6.34. The summed E-state index contributed by atoms with van der Waals surface area (Å²) in [7, 11) is 3.06. The highest BCUT2D eigenvalue weighted by Crippen LogP contribution is 2.33. The third-order valence-electron chi connectivity index (χ3n) is 6.34. The maximum Gasteiger partial charge on any atom is 0.373 e. The molecule has 4 rings (SSSR count). The van der Waals surface area contributed by atoms with Gasteiger partial charge in [0.1, 0.15) is 5.76 Å². The fourth-order valence-corrected chi connectivity index (χ4v) is 4.59. The number of methoxy groups -OCH3 is 2. The van der Waals surface area contributed by atoms with Gasteiger partial charge in [-0.1, -0.05) is 6.07 Å². The Balaban J connectivity index is 1.32. The van der Waals surface area contributed by atoms with Gasteiger partial charge in [0.05, 0.1) is 26.9 Å². The number of hydrogen-bond donors (Lipinski definition) is 0. The smallest absolute Gasteiger partial charge is 0.373 e. The van der Waals surface area contributed by atoms with Gasteiger partial charge in [0.25, 0.3) is 0 Å². The van der Waals surface area contributed by atoms with Crippen LogP contribution in [0.15, 0.2) is 34.7 Å². The lowest BCUT2D eigenvalue weighted by atomic mass is 10.1. The number of furan rings is 1. The second-order valence-corrected chi connectivity index (χ2v) is 8.67. The molecule has 7 nitrogen and oxygen atoms in total. The first-order chi connectivity index (χ1) is 15.6. The molecule has 0 spiro atoms. The second-order valence-electron chi connectivity index (χ2n) is 8.67. The van der Waals surface area contributed by atoms with Crippen LogP contribution in [0.3, 0.4) is 0 Å². The number of esters is 1. The highest BCUT2D eigenvalue weighted by Gasteiger charge is 2.20. The summed E-state index contributed by atoms with van der Waals surface area (Å²) in [5.41, 5.74) is 1.25. The molecule has 0 unspecified atom stereocenters. The summed E-state index contributed by atoms with van der Waals surface area (Å²) in [5, 5.41) is 0. The molecule has 0 radical (unpaired) electrons. The van der Waals surface area contributed by atoms with E-state index in [9.17, 15) is 4.79 Å². The van der Waals surface area contributed by atoms with Crippen LogP contribution < -0.4 is 9.47 Å². The van der Waals surface area contributed by atoms with Gasteiger partial charge in [0.2, 0.25) is 5.76 Å². The molecule has 2 fully saturated rings. The minimum atomic E-state index is -0.436. The zero-order chi connectivity index (χ0) is 22.3. The number of benzene rings is 1. The van der Waals surface area contributed by atoms with Crippen LogP contribution in [0.4, 0.5) is 0 Å². The van der Waals surface area contributed by atoms with E-state index in [-0.39, 0.29) is 5.76 Å². The van der Waals surface area contributed by atoms with E-state index in [2.05, 4.69) is 21.9 Å². The molecule has 1 saturated heterocycles. The quantitative estimate of drug-likeness (QED) is 0.570. The topological polar surface area (TPSA) is 64.4 Å². The van der Waals surface area contributed by atoms with Gasteiger partial charge < -0.3 is 18.6 Å². The first-order valence-electron chi connectivity index (χ1n) is 11.6. The Kier molecular flexibility index (Phi) is 7.71. The van der Waals surface area contributed by atoms with Crippen molar-refractivity contribution in [1.29, 1.82) is 0 Å². The maximum absolute atomic E-state index is 11.6.